The maximum absolute atomic E-state index is 5.84. The summed E-state index contributed by atoms with van der Waals surface area (Å²) in [4.78, 5) is 19.6. The van der Waals surface area contributed by atoms with Crippen LogP contribution >= 0.6 is 0 Å². The first-order chi connectivity index (χ1) is 15.3. The number of ether oxygens (including phenoxy) is 2. The molecule has 3 aromatic rings. The van der Waals surface area contributed by atoms with Gasteiger partial charge in [-0.25, -0.2) is 5.43 Å². The first-order valence-electron chi connectivity index (χ1n) is 10.2. The van der Waals surface area contributed by atoms with Gasteiger partial charge in [-0.15, -0.1) is 0 Å². The molecule has 1 aliphatic rings. The standard InChI is InChI=1S/C22H25N7O2/c1-17-3-2-4-18(15-17)16-24-28-21-25-20(19-5-7-23-8-6-19)26-22(27-21)31-14-11-29-9-12-30-13-10-29/h2-8,15-16H,9-14H2,1H3,(H,25,26,27,28)/b24-16+. The SMILES string of the molecule is Cc1cccc(/C=N/Nc2nc(OCCN3CCOCC3)nc(-c3ccncc3)n2)c1. The molecule has 4 rings (SSSR count). The van der Waals surface area contributed by atoms with E-state index in [1.807, 2.05) is 43.3 Å². The molecule has 9 nitrogen and oxygen atoms in total. The number of aryl methyl sites for hydroxylation is 1. The molecule has 0 aliphatic carbocycles. The van der Waals surface area contributed by atoms with E-state index < -0.39 is 0 Å². The predicted octanol–water partition coefficient (Wildman–Crippen LogP) is 2.40. The predicted molar refractivity (Wildman–Crippen MR) is 118 cm³/mol. The lowest BCUT2D eigenvalue weighted by molar-refractivity contribution is 0.0317. The van der Waals surface area contributed by atoms with Gasteiger partial charge < -0.3 is 9.47 Å². The molecule has 1 N–H and O–H groups in total. The molecule has 0 atom stereocenters. The van der Waals surface area contributed by atoms with E-state index in [2.05, 4.69) is 35.4 Å². The summed E-state index contributed by atoms with van der Waals surface area (Å²) < 4.78 is 11.2. The van der Waals surface area contributed by atoms with E-state index >= 15 is 0 Å². The summed E-state index contributed by atoms with van der Waals surface area (Å²) in [6.07, 6.45) is 5.12. The van der Waals surface area contributed by atoms with Gasteiger partial charge in [0.15, 0.2) is 5.82 Å². The van der Waals surface area contributed by atoms with Crippen molar-refractivity contribution in [1.29, 1.82) is 0 Å². The third-order valence-electron chi connectivity index (χ3n) is 4.72. The van der Waals surface area contributed by atoms with Crippen LogP contribution in [0.15, 0.2) is 53.9 Å². The van der Waals surface area contributed by atoms with E-state index in [0.717, 1.165) is 44.0 Å². The van der Waals surface area contributed by atoms with Crippen LogP contribution < -0.4 is 10.2 Å². The molecule has 0 radical (unpaired) electrons. The lowest BCUT2D eigenvalue weighted by Crippen LogP contribution is -2.38. The normalized spacial score (nSPS) is 14.6. The van der Waals surface area contributed by atoms with Crippen molar-refractivity contribution >= 4 is 12.2 Å². The molecule has 0 spiro atoms. The zero-order valence-corrected chi connectivity index (χ0v) is 17.4. The van der Waals surface area contributed by atoms with Gasteiger partial charge in [0.25, 0.3) is 0 Å². The summed E-state index contributed by atoms with van der Waals surface area (Å²) in [7, 11) is 0. The summed E-state index contributed by atoms with van der Waals surface area (Å²) in [6.45, 7) is 6.63. The molecule has 0 bridgehead atoms. The first kappa shape index (κ1) is 20.8. The number of benzene rings is 1. The minimum absolute atomic E-state index is 0.253. The van der Waals surface area contributed by atoms with Gasteiger partial charge in [-0.3, -0.25) is 9.88 Å². The smallest absolute Gasteiger partial charge is 0.321 e. The number of nitrogens with zero attached hydrogens (tertiary/aromatic N) is 6. The monoisotopic (exact) mass is 419 g/mol. The first-order valence-corrected chi connectivity index (χ1v) is 10.2. The molecule has 1 fully saturated rings. The Morgan fingerprint density at radius 3 is 2.77 bits per heavy atom. The van der Waals surface area contributed by atoms with Crippen molar-refractivity contribution < 1.29 is 9.47 Å². The van der Waals surface area contributed by atoms with Gasteiger partial charge in [0, 0.05) is 37.6 Å². The van der Waals surface area contributed by atoms with E-state index in [1.54, 1.807) is 18.6 Å². The van der Waals surface area contributed by atoms with Gasteiger partial charge >= 0.3 is 6.01 Å². The summed E-state index contributed by atoms with van der Waals surface area (Å²) in [5.41, 5.74) is 5.86. The Morgan fingerprint density at radius 1 is 1.13 bits per heavy atom. The largest absolute Gasteiger partial charge is 0.462 e. The average molecular weight is 419 g/mol. The van der Waals surface area contributed by atoms with Gasteiger partial charge in [0.1, 0.15) is 6.61 Å². The van der Waals surface area contributed by atoms with Crippen LogP contribution in [0.2, 0.25) is 0 Å². The average Bonchev–Trinajstić information content (AvgIpc) is 2.80. The van der Waals surface area contributed by atoms with Crippen molar-refractivity contribution in [3.05, 3.63) is 59.9 Å². The maximum atomic E-state index is 5.84. The Morgan fingerprint density at radius 2 is 1.97 bits per heavy atom. The molecule has 3 heterocycles. The maximum Gasteiger partial charge on any atom is 0.321 e. The van der Waals surface area contributed by atoms with Crippen molar-refractivity contribution in [3.8, 4) is 17.4 Å². The molecule has 9 heteroatoms. The number of pyridine rings is 1. The van der Waals surface area contributed by atoms with Crippen LogP contribution in [-0.4, -0.2) is 70.5 Å². The fraction of sp³-hybridized carbons (Fsp3) is 0.318. The molecule has 2 aromatic heterocycles. The number of nitrogens with one attached hydrogen (secondary N) is 1. The molecular formula is C22H25N7O2. The molecule has 0 saturated carbocycles. The fourth-order valence-corrected chi connectivity index (χ4v) is 3.11. The van der Waals surface area contributed by atoms with Crippen LogP contribution in [0.1, 0.15) is 11.1 Å². The van der Waals surface area contributed by atoms with Crippen LogP contribution in [0.5, 0.6) is 6.01 Å². The van der Waals surface area contributed by atoms with E-state index in [4.69, 9.17) is 9.47 Å². The van der Waals surface area contributed by atoms with Gasteiger partial charge in [0.05, 0.1) is 19.4 Å². The highest BCUT2D eigenvalue weighted by Gasteiger charge is 2.12. The van der Waals surface area contributed by atoms with Gasteiger partial charge in [0.2, 0.25) is 5.95 Å². The van der Waals surface area contributed by atoms with Crippen molar-refractivity contribution in [3.63, 3.8) is 0 Å². The Bertz CT molecular complexity index is 1010. The molecule has 1 saturated heterocycles. The van der Waals surface area contributed by atoms with Crippen LogP contribution in [0.4, 0.5) is 5.95 Å². The lowest BCUT2D eigenvalue weighted by Gasteiger charge is -2.26. The van der Waals surface area contributed by atoms with Crippen molar-refractivity contribution in [1.82, 2.24) is 24.8 Å². The zero-order chi connectivity index (χ0) is 21.3. The number of aromatic nitrogens is 4. The summed E-state index contributed by atoms with van der Waals surface area (Å²) in [6, 6.07) is 12.0. The summed E-state index contributed by atoms with van der Waals surface area (Å²) in [5.74, 6) is 0.805. The number of hydrogen-bond acceptors (Lipinski definition) is 9. The van der Waals surface area contributed by atoms with E-state index in [0.29, 0.717) is 18.4 Å². The van der Waals surface area contributed by atoms with E-state index in [-0.39, 0.29) is 6.01 Å². The van der Waals surface area contributed by atoms with Crippen LogP contribution in [0.25, 0.3) is 11.4 Å². The molecule has 160 valence electrons. The highest BCUT2D eigenvalue weighted by Crippen LogP contribution is 2.18. The third kappa shape index (κ3) is 6.27. The highest BCUT2D eigenvalue weighted by atomic mass is 16.5. The van der Waals surface area contributed by atoms with Crippen LogP contribution in [-0.2, 0) is 4.74 Å². The molecule has 0 unspecified atom stereocenters. The van der Waals surface area contributed by atoms with Crippen molar-refractivity contribution in [2.75, 3.05) is 44.9 Å². The second-order valence-corrected chi connectivity index (χ2v) is 7.09. The molecule has 0 amide bonds. The number of morpholine rings is 1. The lowest BCUT2D eigenvalue weighted by atomic mass is 10.2. The Balaban J connectivity index is 1.47. The summed E-state index contributed by atoms with van der Waals surface area (Å²) in [5, 5.41) is 4.26. The molecule has 1 aliphatic heterocycles. The third-order valence-corrected chi connectivity index (χ3v) is 4.72. The second-order valence-electron chi connectivity index (χ2n) is 7.09. The number of hydrogen-bond donors (Lipinski definition) is 1. The molecule has 31 heavy (non-hydrogen) atoms. The van der Waals surface area contributed by atoms with E-state index in [9.17, 15) is 0 Å². The minimum Gasteiger partial charge on any atom is -0.462 e. The summed E-state index contributed by atoms with van der Waals surface area (Å²) >= 11 is 0. The van der Waals surface area contributed by atoms with Crippen molar-refractivity contribution in [2.45, 2.75) is 6.92 Å². The topological polar surface area (TPSA) is 97.7 Å². The Labute approximate surface area is 181 Å². The molecular weight excluding hydrogens is 394 g/mol. The van der Waals surface area contributed by atoms with Gasteiger partial charge in [-0.1, -0.05) is 29.8 Å². The minimum atomic E-state index is 0.253. The van der Waals surface area contributed by atoms with Crippen LogP contribution in [0.3, 0.4) is 0 Å². The van der Waals surface area contributed by atoms with Crippen LogP contribution in [0, 0.1) is 6.92 Å². The fourth-order valence-electron chi connectivity index (χ4n) is 3.11. The molecule has 1 aromatic carbocycles. The number of anilines is 1. The van der Waals surface area contributed by atoms with Crippen molar-refractivity contribution in [2.24, 2.45) is 5.10 Å². The zero-order valence-electron chi connectivity index (χ0n) is 17.4. The number of hydrazone groups is 1. The Kier molecular flexibility index (Phi) is 7.09. The quantitative estimate of drug-likeness (QED) is 0.439. The van der Waals surface area contributed by atoms with Gasteiger partial charge in [-0.05, 0) is 24.6 Å². The second kappa shape index (κ2) is 10.6. The number of rotatable bonds is 8. The van der Waals surface area contributed by atoms with E-state index in [1.165, 1.54) is 5.56 Å². The Hall–Kier alpha value is -3.43. The highest BCUT2D eigenvalue weighted by molar-refractivity contribution is 5.80. The van der Waals surface area contributed by atoms with Gasteiger partial charge in [-0.2, -0.15) is 20.1 Å².